The van der Waals surface area contributed by atoms with Gasteiger partial charge >= 0.3 is 5.97 Å². The van der Waals surface area contributed by atoms with E-state index < -0.39 is 96.0 Å². The molecule has 18 atom stereocenters. The molecule has 1 aromatic carbocycles. The highest BCUT2D eigenvalue weighted by Crippen LogP contribution is 2.41. The van der Waals surface area contributed by atoms with Crippen molar-refractivity contribution in [2.75, 3.05) is 27.2 Å². The second kappa shape index (κ2) is 20.8. The molecule has 4 aliphatic rings. The number of likely N-dealkylation sites (N-methyl/N-ethyl adjacent to an activating group) is 1. The Bertz CT molecular complexity index is 1620. The number of esters is 1. The van der Waals surface area contributed by atoms with Gasteiger partial charge in [-0.05, 0) is 92.2 Å². The molecule has 0 amide bonds. The number of amidine groups is 1. The lowest BCUT2D eigenvalue weighted by molar-refractivity contribution is -0.313. The van der Waals surface area contributed by atoms with Crippen LogP contribution in [0, 0.1) is 17.8 Å². The van der Waals surface area contributed by atoms with Crippen molar-refractivity contribution in [1.82, 2.24) is 9.80 Å². The van der Waals surface area contributed by atoms with Crippen LogP contribution in [-0.2, 0) is 44.5 Å². The lowest BCUT2D eigenvalue weighted by atomic mass is 9.77. The Balaban J connectivity index is 1.58. The van der Waals surface area contributed by atoms with E-state index in [0.29, 0.717) is 32.1 Å². The zero-order valence-corrected chi connectivity index (χ0v) is 39.6. The molecule has 0 saturated carbocycles. The minimum Gasteiger partial charge on any atom is -0.459 e. The number of rotatable bonds is 10. The van der Waals surface area contributed by atoms with E-state index in [0.717, 1.165) is 12.0 Å². The number of hydrogen-bond donors (Lipinski definition) is 4. The van der Waals surface area contributed by atoms with E-state index in [1.54, 1.807) is 34.6 Å². The van der Waals surface area contributed by atoms with Gasteiger partial charge in [0, 0.05) is 39.1 Å². The van der Waals surface area contributed by atoms with Crippen LogP contribution in [0.4, 0.5) is 0 Å². The van der Waals surface area contributed by atoms with Gasteiger partial charge < -0.3 is 58.5 Å². The van der Waals surface area contributed by atoms with Crippen molar-refractivity contribution in [3.05, 3.63) is 35.9 Å². The lowest BCUT2D eigenvalue weighted by Crippen LogP contribution is -2.60. The molecule has 0 aromatic heterocycles. The number of carbonyl (C=O) groups is 1. The first-order chi connectivity index (χ1) is 29.1. The predicted molar refractivity (Wildman–Crippen MR) is 234 cm³/mol. The third-order valence-electron chi connectivity index (χ3n) is 14.1. The topological polar surface area (TPSA) is 181 Å². The van der Waals surface area contributed by atoms with E-state index in [1.807, 2.05) is 63.1 Å². The van der Waals surface area contributed by atoms with Crippen LogP contribution in [0.1, 0.15) is 114 Å². The molecule has 62 heavy (non-hydrogen) atoms. The summed E-state index contributed by atoms with van der Waals surface area (Å²) in [5.74, 6) is -2.53. The van der Waals surface area contributed by atoms with Crippen LogP contribution in [-0.4, -0.2) is 160 Å². The first-order valence-corrected chi connectivity index (χ1v) is 23.0. The molecular weight excluding hydrogens is 799 g/mol. The number of aliphatic hydroxyl groups excluding tert-OH is 2. The monoisotopic (exact) mass is 878 g/mol. The molecule has 4 fully saturated rings. The Morgan fingerprint density at radius 1 is 0.919 bits per heavy atom. The quantitative estimate of drug-likeness (QED) is 0.239. The van der Waals surface area contributed by atoms with E-state index in [-0.39, 0.29) is 37.3 Å². The summed E-state index contributed by atoms with van der Waals surface area (Å²) in [7, 11) is 3.49. The molecule has 15 nitrogen and oxygen atoms in total. The average Bonchev–Trinajstić information content (AvgIpc) is 3.54. The summed E-state index contributed by atoms with van der Waals surface area (Å²) in [5.41, 5.74) is -3.33. The minimum atomic E-state index is -1.81. The Kier molecular flexibility index (Phi) is 17.0. The fourth-order valence-electron chi connectivity index (χ4n) is 10.4. The maximum Gasteiger partial charge on any atom is 0.311 e. The lowest BCUT2D eigenvalue weighted by Gasteiger charge is -2.48. The number of benzene rings is 1. The summed E-state index contributed by atoms with van der Waals surface area (Å²) >= 11 is 0. The van der Waals surface area contributed by atoms with Crippen LogP contribution >= 0.6 is 0 Å². The van der Waals surface area contributed by atoms with Crippen molar-refractivity contribution >= 4 is 12.0 Å². The molecule has 0 spiro atoms. The van der Waals surface area contributed by atoms with Crippen molar-refractivity contribution < 1.29 is 58.4 Å². The first kappa shape index (κ1) is 50.6. The summed E-state index contributed by atoms with van der Waals surface area (Å²) in [6, 6.07) is 9.78. The Labute approximate surface area is 370 Å². The molecule has 1 aromatic rings. The van der Waals surface area contributed by atoms with Gasteiger partial charge in [0.1, 0.15) is 23.9 Å². The fraction of sp³-hybridized carbons (Fsp3) is 0.830. The summed E-state index contributed by atoms with van der Waals surface area (Å²) < 4.78 is 45.4. The molecule has 5 rings (SSSR count). The number of methoxy groups -OCH3 is 1. The standard InChI is InChI=1S/C47H79N3O12/c1-14-21-50-26-27(3)23-45(9,54)41(62-43-38-34(22-28(4)57-43)49(12)44(61-38)48-25-33-19-17-16-18-20-33)29(5)37(60-36-24-46(10,56-13)40(52)32(8)58-36)30(6)42(53)59-35(15-2)47(11,55)39(51)31(50)7/h16-20,27-32,34-41,43,51-52,54-55H,14-15,21-26H2,1-13H3/t27-,28-,29+,30-,31-,32+,34+,35-,36+,37+,38-,39-,40+,41-,43-,45-,46-,47-/m1/s1. The molecule has 15 heteroatoms. The smallest absolute Gasteiger partial charge is 0.311 e. The molecule has 4 saturated heterocycles. The van der Waals surface area contributed by atoms with Gasteiger partial charge in [0.2, 0.25) is 0 Å². The van der Waals surface area contributed by atoms with Gasteiger partial charge in [-0.1, -0.05) is 58.0 Å². The molecular formula is C47H79N3O12. The normalized spacial score (nSPS) is 44.9. The van der Waals surface area contributed by atoms with Crippen LogP contribution in [0.3, 0.4) is 0 Å². The van der Waals surface area contributed by atoms with Crippen molar-refractivity contribution in [3.63, 3.8) is 0 Å². The summed E-state index contributed by atoms with van der Waals surface area (Å²) in [4.78, 5) is 23.5. The molecule has 0 bridgehead atoms. The Hall–Kier alpha value is -2.44. The van der Waals surface area contributed by atoms with Gasteiger partial charge in [0.05, 0.1) is 54.1 Å². The average molecular weight is 878 g/mol. The molecule has 4 aliphatic heterocycles. The fourth-order valence-corrected chi connectivity index (χ4v) is 10.4. The predicted octanol–water partition coefficient (Wildman–Crippen LogP) is 4.65. The molecule has 0 radical (unpaired) electrons. The number of nitrogens with zero attached hydrogens (tertiary/aromatic N) is 3. The second-order valence-corrected chi connectivity index (χ2v) is 19.5. The maximum absolute atomic E-state index is 14.5. The highest BCUT2D eigenvalue weighted by molar-refractivity contribution is 5.76. The molecule has 0 aliphatic carbocycles. The SMILES string of the molecule is CCCN1C[C@H](C)C[C@@](C)(O)[C@H](O[C@H]2O[C@H](C)C[C@H]3[C@H]2OC(=NCc2ccccc2)N3C)[C@@H](C)[C@H](O[C@H]2C[C@@](C)(OC)[C@@H](O)[C@H](C)O2)[C@@H](C)C(=O)O[C@H](CC)[C@@](C)(O)[C@H](O)[C@H]1C. The first-order valence-electron chi connectivity index (χ1n) is 23.0. The Morgan fingerprint density at radius 2 is 1.60 bits per heavy atom. The van der Waals surface area contributed by atoms with Crippen LogP contribution in [0.25, 0.3) is 0 Å². The number of aliphatic imine (C=N–C) groups is 1. The van der Waals surface area contributed by atoms with Crippen LogP contribution < -0.4 is 0 Å². The maximum atomic E-state index is 14.5. The van der Waals surface area contributed by atoms with Crippen molar-refractivity contribution in [1.29, 1.82) is 0 Å². The van der Waals surface area contributed by atoms with Gasteiger partial charge in [-0.15, -0.1) is 0 Å². The third kappa shape index (κ3) is 11.1. The van der Waals surface area contributed by atoms with E-state index in [2.05, 4.69) is 18.7 Å². The zero-order valence-electron chi connectivity index (χ0n) is 39.6. The van der Waals surface area contributed by atoms with Crippen LogP contribution in [0.2, 0.25) is 0 Å². The van der Waals surface area contributed by atoms with E-state index in [1.165, 1.54) is 14.0 Å². The molecule has 4 N–H and O–H groups in total. The number of ether oxygens (including phenoxy) is 7. The van der Waals surface area contributed by atoms with Gasteiger partial charge in [-0.3, -0.25) is 9.69 Å². The largest absolute Gasteiger partial charge is 0.459 e. The Morgan fingerprint density at radius 3 is 2.23 bits per heavy atom. The van der Waals surface area contributed by atoms with Crippen molar-refractivity contribution in [2.45, 2.75) is 205 Å². The minimum absolute atomic E-state index is 0.132. The highest BCUT2D eigenvalue weighted by atomic mass is 16.7. The second-order valence-electron chi connectivity index (χ2n) is 19.5. The number of fused-ring (bicyclic) bond motifs is 1. The van der Waals surface area contributed by atoms with Gasteiger partial charge in [0.25, 0.3) is 6.02 Å². The number of hydrogen-bond acceptors (Lipinski definition) is 14. The summed E-state index contributed by atoms with van der Waals surface area (Å²) in [6.45, 7) is 21.7. The summed E-state index contributed by atoms with van der Waals surface area (Å²) in [5, 5.41) is 47.8. The van der Waals surface area contributed by atoms with E-state index in [9.17, 15) is 25.2 Å². The van der Waals surface area contributed by atoms with Crippen molar-refractivity contribution in [3.8, 4) is 0 Å². The third-order valence-corrected chi connectivity index (χ3v) is 14.1. The van der Waals surface area contributed by atoms with Gasteiger partial charge in [0.15, 0.2) is 18.7 Å². The van der Waals surface area contributed by atoms with Crippen LogP contribution in [0.5, 0.6) is 0 Å². The highest BCUT2D eigenvalue weighted by Gasteiger charge is 2.55. The van der Waals surface area contributed by atoms with E-state index >= 15 is 0 Å². The number of carbonyl (C=O) groups excluding carboxylic acids is 1. The van der Waals surface area contributed by atoms with Crippen LogP contribution in [0.15, 0.2) is 35.3 Å². The van der Waals surface area contributed by atoms with Gasteiger partial charge in [-0.2, -0.15) is 0 Å². The molecule has 4 heterocycles. The van der Waals surface area contributed by atoms with Gasteiger partial charge in [-0.25, -0.2) is 4.99 Å². The molecule has 0 unspecified atom stereocenters. The molecule has 354 valence electrons. The number of cyclic esters (lactones) is 1. The zero-order chi connectivity index (χ0) is 45.9. The summed E-state index contributed by atoms with van der Waals surface area (Å²) in [6.07, 6.45) is -6.60. The number of aliphatic hydroxyl groups is 4. The van der Waals surface area contributed by atoms with Crippen molar-refractivity contribution in [2.24, 2.45) is 22.7 Å². The van der Waals surface area contributed by atoms with E-state index in [4.69, 9.17) is 38.2 Å².